The molecule has 0 aliphatic heterocycles. The van der Waals surface area contributed by atoms with Crippen LogP contribution in [0.4, 0.5) is 0 Å². The Kier molecular flexibility index (Phi) is 7.33. The first-order chi connectivity index (χ1) is 12.5. The number of benzene rings is 2. The maximum atomic E-state index is 12.8. The molecule has 0 bridgehead atoms. The number of ether oxygens (including phenoxy) is 3. The third kappa shape index (κ3) is 4.91. The average Bonchev–Trinajstić information content (AvgIpc) is 2.65. The van der Waals surface area contributed by atoms with Crippen molar-refractivity contribution in [2.45, 2.75) is 19.9 Å². The molecule has 0 saturated heterocycles. The third-order valence-corrected chi connectivity index (χ3v) is 4.42. The first-order valence-electron chi connectivity index (χ1n) is 8.38. The summed E-state index contributed by atoms with van der Waals surface area (Å²) in [6, 6.07) is 11.1. The van der Waals surface area contributed by atoms with Crippen LogP contribution in [-0.2, 0) is 6.54 Å². The van der Waals surface area contributed by atoms with E-state index in [0.717, 1.165) is 17.7 Å². The number of nitrogens with zero attached hydrogens (tertiary/aromatic N) is 1. The molecule has 1 amide bonds. The van der Waals surface area contributed by atoms with Crippen molar-refractivity contribution >= 4 is 21.8 Å². The van der Waals surface area contributed by atoms with E-state index >= 15 is 0 Å². The summed E-state index contributed by atoms with van der Waals surface area (Å²) in [5, 5.41) is 0. The summed E-state index contributed by atoms with van der Waals surface area (Å²) in [5.41, 5.74) is 1.53. The third-order valence-electron chi connectivity index (χ3n) is 3.83. The molecule has 0 atom stereocenters. The van der Waals surface area contributed by atoms with Gasteiger partial charge in [0, 0.05) is 19.2 Å². The zero-order chi connectivity index (χ0) is 19.1. The Morgan fingerprint density at radius 2 is 1.92 bits per heavy atom. The molecule has 2 rings (SSSR count). The van der Waals surface area contributed by atoms with Crippen LogP contribution in [0.15, 0.2) is 40.9 Å². The number of hydrogen-bond donors (Lipinski definition) is 0. The Bertz CT molecular complexity index is 763. The molecule has 2 aromatic carbocycles. The zero-order valence-corrected chi connectivity index (χ0v) is 17.1. The number of methoxy groups -OCH3 is 2. The summed E-state index contributed by atoms with van der Waals surface area (Å²) in [5.74, 6) is 1.81. The van der Waals surface area contributed by atoms with Gasteiger partial charge in [-0.1, -0.05) is 19.1 Å². The van der Waals surface area contributed by atoms with Crippen molar-refractivity contribution in [3.05, 3.63) is 52.0 Å². The maximum absolute atomic E-state index is 12.8. The standard InChI is InChI=1S/C20H24BrNO4/c1-5-9-26-19-17(21)11-15(12-18(19)25-4)20(23)22(2)13-14-7-6-8-16(10-14)24-3/h6-8,10-12H,5,9,13H2,1-4H3. The summed E-state index contributed by atoms with van der Waals surface area (Å²) in [6.07, 6.45) is 0.888. The van der Waals surface area contributed by atoms with Gasteiger partial charge in [-0.25, -0.2) is 0 Å². The van der Waals surface area contributed by atoms with E-state index in [2.05, 4.69) is 15.9 Å². The highest BCUT2D eigenvalue weighted by molar-refractivity contribution is 9.10. The molecular weight excluding hydrogens is 398 g/mol. The van der Waals surface area contributed by atoms with E-state index in [0.29, 0.717) is 34.7 Å². The quantitative estimate of drug-likeness (QED) is 0.628. The minimum atomic E-state index is -0.103. The van der Waals surface area contributed by atoms with Gasteiger partial charge in [0.25, 0.3) is 5.91 Å². The fraction of sp³-hybridized carbons (Fsp3) is 0.350. The summed E-state index contributed by atoms with van der Waals surface area (Å²) < 4.78 is 17.0. The Hall–Kier alpha value is -2.21. The molecule has 2 aromatic rings. The van der Waals surface area contributed by atoms with Crippen LogP contribution in [0.5, 0.6) is 17.2 Å². The molecule has 6 heteroatoms. The van der Waals surface area contributed by atoms with E-state index < -0.39 is 0 Å². The topological polar surface area (TPSA) is 48.0 Å². The van der Waals surface area contributed by atoms with Crippen molar-refractivity contribution in [2.75, 3.05) is 27.9 Å². The van der Waals surface area contributed by atoms with Crippen LogP contribution in [0.1, 0.15) is 29.3 Å². The van der Waals surface area contributed by atoms with Crippen LogP contribution in [0.3, 0.4) is 0 Å². The molecule has 0 heterocycles. The number of hydrogen-bond acceptors (Lipinski definition) is 4. The van der Waals surface area contributed by atoms with Crippen LogP contribution >= 0.6 is 15.9 Å². The molecule has 0 aliphatic rings. The van der Waals surface area contributed by atoms with Gasteiger partial charge in [0.15, 0.2) is 11.5 Å². The first kappa shape index (κ1) is 20.1. The number of halogens is 1. The number of carbonyl (C=O) groups is 1. The molecule has 0 saturated carbocycles. The molecule has 0 aliphatic carbocycles. The summed E-state index contributed by atoms with van der Waals surface area (Å²) >= 11 is 3.48. The predicted octanol–water partition coefficient (Wildman–Crippen LogP) is 4.53. The molecule has 0 spiro atoms. The van der Waals surface area contributed by atoms with Crippen LogP contribution in [-0.4, -0.2) is 38.7 Å². The minimum Gasteiger partial charge on any atom is -0.497 e. The smallest absolute Gasteiger partial charge is 0.254 e. The molecule has 0 radical (unpaired) electrons. The van der Waals surface area contributed by atoms with E-state index in [4.69, 9.17) is 14.2 Å². The molecule has 140 valence electrons. The maximum Gasteiger partial charge on any atom is 0.254 e. The van der Waals surface area contributed by atoms with Gasteiger partial charge in [-0.05, 0) is 52.2 Å². The lowest BCUT2D eigenvalue weighted by Gasteiger charge is -2.19. The molecule has 0 aromatic heterocycles. The molecule has 26 heavy (non-hydrogen) atoms. The van der Waals surface area contributed by atoms with Crippen molar-refractivity contribution < 1.29 is 19.0 Å². The summed E-state index contributed by atoms with van der Waals surface area (Å²) in [6.45, 7) is 3.09. The van der Waals surface area contributed by atoms with Crippen molar-refractivity contribution in [2.24, 2.45) is 0 Å². The van der Waals surface area contributed by atoms with Crippen molar-refractivity contribution in [1.82, 2.24) is 4.90 Å². The van der Waals surface area contributed by atoms with Crippen LogP contribution in [0.25, 0.3) is 0 Å². The van der Waals surface area contributed by atoms with Gasteiger partial charge in [0.1, 0.15) is 5.75 Å². The molecule has 5 nitrogen and oxygen atoms in total. The van der Waals surface area contributed by atoms with Crippen molar-refractivity contribution in [3.8, 4) is 17.2 Å². The fourth-order valence-electron chi connectivity index (χ4n) is 2.52. The van der Waals surface area contributed by atoms with Crippen molar-refractivity contribution in [3.63, 3.8) is 0 Å². The molecule has 0 unspecified atom stereocenters. The Morgan fingerprint density at radius 3 is 2.58 bits per heavy atom. The van der Waals surface area contributed by atoms with Crippen LogP contribution in [0.2, 0.25) is 0 Å². The Labute approximate surface area is 163 Å². The highest BCUT2D eigenvalue weighted by atomic mass is 79.9. The van der Waals surface area contributed by atoms with Crippen LogP contribution < -0.4 is 14.2 Å². The van der Waals surface area contributed by atoms with Gasteiger partial charge in [-0.15, -0.1) is 0 Å². The van der Waals surface area contributed by atoms with E-state index in [1.165, 1.54) is 0 Å². The van der Waals surface area contributed by atoms with Gasteiger partial charge in [0.05, 0.1) is 25.3 Å². The lowest BCUT2D eigenvalue weighted by Crippen LogP contribution is -2.26. The zero-order valence-electron chi connectivity index (χ0n) is 15.5. The second-order valence-corrected chi connectivity index (χ2v) is 6.70. The van der Waals surface area contributed by atoms with Crippen LogP contribution in [0, 0.1) is 0 Å². The minimum absolute atomic E-state index is 0.103. The SMILES string of the molecule is CCCOc1c(Br)cc(C(=O)N(C)Cc2cccc(OC)c2)cc1OC. The second-order valence-electron chi connectivity index (χ2n) is 5.85. The average molecular weight is 422 g/mol. The molecule has 0 N–H and O–H groups in total. The highest BCUT2D eigenvalue weighted by Crippen LogP contribution is 2.37. The first-order valence-corrected chi connectivity index (χ1v) is 9.18. The Morgan fingerprint density at radius 1 is 1.15 bits per heavy atom. The largest absolute Gasteiger partial charge is 0.497 e. The second kappa shape index (κ2) is 9.48. The van der Waals surface area contributed by atoms with E-state index in [1.807, 2.05) is 31.2 Å². The van der Waals surface area contributed by atoms with Gasteiger partial charge in [0.2, 0.25) is 0 Å². The predicted molar refractivity (Wildman–Crippen MR) is 105 cm³/mol. The van der Waals surface area contributed by atoms with E-state index in [1.54, 1.807) is 38.3 Å². The molecular formula is C20H24BrNO4. The van der Waals surface area contributed by atoms with Gasteiger partial charge in [-0.3, -0.25) is 4.79 Å². The van der Waals surface area contributed by atoms with Gasteiger partial charge < -0.3 is 19.1 Å². The highest BCUT2D eigenvalue weighted by Gasteiger charge is 2.18. The van der Waals surface area contributed by atoms with E-state index in [-0.39, 0.29) is 5.91 Å². The van der Waals surface area contributed by atoms with E-state index in [9.17, 15) is 4.79 Å². The fourth-order valence-corrected chi connectivity index (χ4v) is 3.08. The number of amides is 1. The summed E-state index contributed by atoms with van der Waals surface area (Å²) in [7, 11) is 4.96. The lowest BCUT2D eigenvalue weighted by atomic mass is 10.1. The lowest BCUT2D eigenvalue weighted by molar-refractivity contribution is 0.0784. The van der Waals surface area contributed by atoms with Gasteiger partial charge >= 0.3 is 0 Å². The Balaban J connectivity index is 2.20. The number of rotatable bonds is 8. The monoisotopic (exact) mass is 421 g/mol. The van der Waals surface area contributed by atoms with Gasteiger partial charge in [-0.2, -0.15) is 0 Å². The normalized spacial score (nSPS) is 10.3. The molecule has 0 fully saturated rings. The summed E-state index contributed by atoms with van der Waals surface area (Å²) in [4.78, 5) is 14.5. The van der Waals surface area contributed by atoms with Crippen molar-refractivity contribution in [1.29, 1.82) is 0 Å². The number of carbonyl (C=O) groups excluding carboxylic acids is 1.